The highest BCUT2D eigenvalue weighted by Gasteiger charge is 2.26. The lowest BCUT2D eigenvalue weighted by Gasteiger charge is -2.31. The first kappa shape index (κ1) is 15.9. The monoisotopic (exact) mass is 340 g/mol. The summed E-state index contributed by atoms with van der Waals surface area (Å²) in [5.74, 6) is 1.03. The molecule has 0 atom stereocenters. The molecule has 0 spiro atoms. The number of rotatable bonds is 2. The smallest absolute Gasteiger partial charge is 0.317 e. The molecule has 4 rings (SSSR count). The van der Waals surface area contributed by atoms with Crippen molar-refractivity contribution in [2.75, 3.05) is 14.1 Å². The number of nitrogens with one attached hydrogen (secondary N) is 2. The van der Waals surface area contributed by atoms with Gasteiger partial charge in [-0.25, -0.2) is 14.8 Å². The Balaban J connectivity index is 1.60. The van der Waals surface area contributed by atoms with E-state index in [9.17, 15) is 4.79 Å². The van der Waals surface area contributed by atoms with Crippen molar-refractivity contribution in [3.8, 4) is 0 Å². The molecular weight excluding hydrogens is 316 g/mol. The number of H-pyrrole nitrogens is 1. The van der Waals surface area contributed by atoms with Crippen molar-refractivity contribution in [2.45, 2.75) is 44.7 Å². The number of amides is 2. The van der Waals surface area contributed by atoms with Gasteiger partial charge in [-0.2, -0.15) is 0 Å². The van der Waals surface area contributed by atoms with Gasteiger partial charge in [-0.05, 0) is 38.7 Å². The Kier molecular flexibility index (Phi) is 3.86. The molecule has 0 bridgehead atoms. The maximum atomic E-state index is 11.9. The van der Waals surface area contributed by atoms with Crippen LogP contribution in [0.15, 0.2) is 18.5 Å². The second-order valence-corrected chi connectivity index (χ2v) is 7.11. The van der Waals surface area contributed by atoms with Crippen molar-refractivity contribution >= 4 is 28.1 Å². The van der Waals surface area contributed by atoms with Crippen LogP contribution in [0.25, 0.3) is 22.1 Å². The first-order valence-electron chi connectivity index (χ1n) is 8.83. The molecule has 2 amide bonds. The Bertz CT molecular complexity index is 916. The lowest BCUT2D eigenvalue weighted by atomic mass is 9.90. The minimum atomic E-state index is -0.00665. The minimum Gasteiger partial charge on any atom is -0.346 e. The maximum Gasteiger partial charge on any atom is 0.317 e. The van der Waals surface area contributed by atoms with Crippen LogP contribution in [0.3, 0.4) is 0 Å². The molecule has 0 unspecified atom stereocenters. The molecule has 3 aromatic heterocycles. The molecule has 7 heteroatoms. The highest BCUT2D eigenvalue weighted by atomic mass is 16.2. The number of hydrogen-bond donors (Lipinski definition) is 2. The number of aromatic nitrogens is 4. The topological polar surface area (TPSA) is 78.8 Å². The molecule has 7 nitrogen and oxygen atoms in total. The van der Waals surface area contributed by atoms with Gasteiger partial charge in [0.25, 0.3) is 0 Å². The fourth-order valence-electron chi connectivity index (χ4n) is 3.94. The molecule has 3 aromatic rings. The second-order valence-electron chi connectivity index (χ2n) is 7.11. The molecule has 1 aliphatic carbocycles. The van der Waals surface area contributed by atoms with E-state index in [0.29, 0.717) is 6.04 Å². The SMILES string of the molecule is Cc1nc2cnc3[nH]ccc3c2n1[C@H]1CC[C@H](NC(=O)N(C)C)CC1. The van der Waals surface area contributed by atoms with Crippen LogP contribution in [0.1, 0.15) is 37.5 Å². The molecule has 3 heterocycles. The number of carbonyl (C=O) groups excluding carboxylic acids is 1. The Labute approximate surface area is 146 Å². The highest BCUT2D eigenvalue weighted by Crippen LogP contribution is 2.34. The fraction of sp³-hybridized carbons (Fsp3) is 0.500. The van der Waals surface area contributed by atoms with Gasteiger partial charge in [0.05, 0.1) is 11.7 Å². The number of urea groups is 1. The number of carbonyl (C=O) groups is 1. The Morgan fingerprint density at radius 3 is 2.80 bits per heavy atom. The lowest BCUT2D eigenvalue weighted by molar-refractivity contribution is 0.205. The summed E-state index contributed by atoms with van der Waals surface area (Å²) in [6.07, 6.45) is 7.84. The van der Waals surface area contributed by atoms with Crippen LogP contribution in [0.4, 0.5) is 4.79 Å². The molecule has 25 heavy (non-hydrogen) atoms. The number of nitrogens with zero attached hydrogens (tertiary/aromatic N) is 4. The van der Waals surface area contributed by atoms with Crippen LogP contribution in [-0.4, -0.2) is 50.6 Å². The van der Waals surface area contributed by atoms with Gasteiger partial charge < -0.3 is 19.8 Å². The molecule has 132 valence electrons. The summed E-state index contributed by atoms with van der Waals surface area (Å²) in [4.78, 5) is 25.8. The Morgan fingerprint density at radius 1 is 1.32 bits per heavy atom. The van der Waals surface area contributed by atoms with E-state index in [2.05, 4.69) is 32.8 Å². The largest absolute Gasteiger partial charge is 0.346 e. The summed E-state index contributed by atoms with van der Waals surface area (Å²) in [5, 5.41) is 4.23. The van der Waals surface area contributed by atoms with Crippen LogP contribution in [0.2, 0.25) is 0 Å². The number of fused-ring (bicyclic) bond motifs is 3. The van der Waals surface area contributed by atoms with Gasteiger partial charge in [0.15, 0.2) is 0 Å². The third-order valence-corrected chi connectivity index (χ3v) is 5.21. The van der Waals surface area contributed by atoms with Crippen molar-refractivity contribution in [3.63, 3.8) is 0 Å². The zero-order chi connectivity index (χ0) is 17.6. The molecule has 0 aromatic carbocycles. The van der Waals surface area contributed by atoms with E-state index in [1.807, 2.05) is 12.4 Å². The summed E-state index contributed by atoms with van der Waals surface area (Å²) < 4.78 is 2.37. The van der Waals surface area contributed by atoms with E-state index < -0.39 is 0 Å². The molecule has 0 aliphatic heterocycles. The molecule has 2 N–H and O–H groups in total. The number of aryl methyl sites for hydroxylation is 1. The zero-order valence-corrected chi connectivity index (χ0v) is 14.9. The van der Waals surface area contributed by atoms with Gasteiger partial charge in [-0.1, -0.05) is 0 Å². The standard InChI is InChI=1S/C18H24N6O/c1-11-21-15-10-20-17-14(8-9-19-17)16(15)24(11)13-6-4-12(5-7-13)22-18(25)23(2)3/h8-10,12-13H,4-7H2,1-3H3,(H,19,20)(H,22,25)/t12-,13-. The predicted octanol–water partition coefficient (Wildman–Crippen LogP) is 2.98. The van der Waals surface area contributed by atoms with Crippen LogP contribution in [0, 0.1) is 6.92 Å². The Morgan fingerprint density at radius 2 is 2.08 bits per heavy atom. The normalized spacial score (nSPS) is 20.9. The molecular formula is C18H24N6O. The van der Waals surface area contributed by atoms with E-state index in [0.717, 1.165) is 48.1 Å². The quantitative estimate of drug-likeness (QED) is 0.753. The number of hydrogen-bond acceptors (Lipinski definition) is 3. The van der Waals surface area contributed by atoms with Crippen LogP contribution >= 0.6 is 0 Å². The zero-order valence-electron chi connectivity index (χ0n) is 14.9. The third-order valence-electron chi connectivity index (χ3n) is 5.21. The van der Waals surface area contributed by atoms with E-state index in [1.165, 1.54) is 5.52 Å². The van der Waals surface area contributed by atoms with Gasteiger partial charge in [-0.3, -0.25) is 0 Å². The lowest BCUT2D eigenvalue weighted by Crippen LogP contribution is -2.43. The van der Waals surface area contributed by atoms with E-state index in [4.69, 9.17) is 4.98 Å². The van der Waals surface area contributed by atoms with Crippen molar-refractivity contribution in [2.24, 2.45) is 0 Å². The van der Waals surface area contributed by atoms with Crippen molar-refractivity contribution in [1.82, 2.24) is 29.7 Å². The van der Waals surface area contributed by atoms with Gasteiger partial charge in [-0.15, -0.1) is 0 Å². The summed E-state index contributed by atoms with van der Waals surface area (Å²) in [7, 11) is 3.55. The number of pyridine rings is 1. The number of imidazole rings is 1. The average molecular weight is 340 g/mol. The van der Waals surface area contributed by atoms with Crippen LogP contribution < -0.4 is 5.32 Å². The highest BCUT2D eigenvalue weighted by molar-refractivity contribution is 6.01. The van der Waals surface area contributed by atoms with Gasteiger partial charge in [0, 0.05) is 37.8 Å². The van der Waals surface area contributed by atoms with Gasteiger partial charge in [0.1, 0.15) is 17.0 Å². The second kappa shape index (κ2) is 6.06. The van der Waals surface area contributed by atoms with Crippen molar-refractivity contribution < 1.29 is 4.79 Å². The summed E-state index contributed by atoms with van der Waals surface area (Å²) in [6, 6.07) is 2.74. The summed E-state index contributed by atoms with van der Waals surface area (Å²) >= 11 is 0. The van der Waals surface area contributed by atoms with E-state index >= 15 is 0 Å². The van der Waals surface area contributed by atoms with Gasteiger partial charge in [0.2, 0.25) is 0 Å². The van der Waals surface area contributed by atoms with E-state index in [-0.39, 0.29) is 12.1 Å². The first-order chi connectivity index (χ1) is 12.0. The Hall–Kier alpha value is -2.57. The third kappa shape index (κ3) is 2.73. The molecule has 1 aliphatic rings. The van der Waals surface area contributed by atoms with Gasteiger partial charge >= 0.3 is 6.03 Å². The molecule has 1 fully saturated rings. The van der Waals surface area contributed by atoms with Crippen LogP contribution in [-0.2, 0) is 0 Å². The molecule has 1 saturated carbocycles. The predicted molar refractivity (Wildman–Crippen MR) is 97.6 cm³/mol. The summed E-state index contributed by atoms with van der Waals surface area (Å²) in [6.45, 7) is 2.07. The number of aromatic amines is 1. The minimum absolute atomic E-state index is 0.00665. The van der Waals surface area contributed by atoms with Crippen molar-refractivity contribution in [3.05, 3.63) is 24.3 Å². The van der Waals surface area contributed by atoms with E-state index in [1.54, 1.807) is 19.0 Å². The summed E-state index contributed by atoms with van der Waals surface area (Å²) in [5.41, 5.74) is 3.03. The average Bonchev–Trinajstić information content (AvgIpc) is 3.18. The van der Waals surface area contributed by atoms with Crippen molar-refractivity contribution in [1.29, 1.82) is 0 Å². The maximum absolute atomic E-state index is 11.9. The first-order valence-corrected chi connectivity index (χ1v) is 8.83. The van der Waals surface area contributed by atoms with Crippen LogP contribution in [0.5, 0.6) is 0 Å². The molecule has 0 saturated heterocycles. The molecule has 0 radical (unpaired) electrons. The fourth-order valence-corrected chi connectivity index (χ4v) is 3.94.